The lowest BCUT2D eigenvalue weighted by molar-refractivity contribution is 0.629. The molecule has 1 aromatic heterocycles. The smallest absolute Gasteiger partial charge is 0.123 e. The van der Waals surface area contributed by atoms with Crippen LogP contribution in [0.25, 0.3) is 10.9 Å². The summed E-state index contributed by atoms with van der Waals surface area (Å²) in [4.78, 5) is 3.21. The molecular formula is C13H13FN. The van der Waals surface area contributed by atoms with Gasteiger partial charge in [-0.15, -0.1) is 0 Å². The molecule has 1 saturated carbocycles. The first-order valence-electron chi connectivity index (χ1n) is 5.43. The summed E-state index contributed by atoms with van der Waals surface area (Å²) in [6.07, 6.45) is 7.87. The van der Waals surface area contributed by atoms with Gasteiger partial charge in [-0.25, -0.2) is 4.39 Å². The molecular weight excluding hydrogens is 189 g/mol. The minimum atomic E-state index is -0.148. The molecule has 1 N–H and O–H groups in total. The SMILES string of the molecule is Fc1ccc2[nH]cc(C3C[CH]CC3)c2c1. The molecule has 15 heavy (non-hydrogen) atoms. The van der Waals surface area contributed by atoms with Crippen LogP contribution in [0.2, 0.25) is 0 Å². The molecule has 0 saturated heterocycles. The molecule has 1 atom stereocenters. The van der Waals surface area contributed by atoms with Gasteiger partial charge in [0.25, 0.3) is 0 Å². The van der Waals surface area contributed by atoms with E-state index in [0.29, 0.717) is 5.92 Å². The van der Waals surface area contributed by atoms with Crippen molar-refractivity contribution in [2.75, 3.05) is 0 Å². The van der Waals surface area contributed by atoms with Gasteiger partial charge in [-0.2, -0.15) is 0 Å². The second-order valence-electron chi connectivity index (χ2n) is 4.23. The zero-order chi connectivity index (χ0) is 10.3. The molecule has 1 aliphatic carbocycles. The predicted molar refractivity (Wildman–Crippen MR) is 59.1 cm³/mol. The van der Waals surface area contributed by atoms with Gasteiger partial charge in [-0.1, -0.05) is 0 Å². The van der Waals surface area contributed by atoms with E-state index in [-0.39, 0.29) is 5.82 Å². The van der Waals surface area contributed by atoms with E-state index in [1.165, 1.54) is 24.5 Å². The van der Waals surface area contributed by atoms with Crippen LogP contribution < -0.4 is 0 Å². The maximum atomic E-state index is 13.2. The van der Waals surface area contributed by atoms with Gasteiger partial charge in [0.05, 0.1) is 0 Å². The highest BCUT2D eigenvalue weighted by molar-refractivity contribution is 5.83. The molecule has 0 amide bonds. The standard InChI is InChI=1S/C13H13FN/c14-10-5-6-13-11(7-10)12(8-15-13)9-3-1-2-4-9/h1,5-9,15H,2-4H2. The first-order chi connectivity index (χ1) is 7.34. The minimum absolute atomic E-state index is 0.148. The Kier molecular flexibility index (Phi) is 2.01. The summed E-state index contributed by atoms with van der Waals surface area (Å²) >= 11 is 0. The van der Waals surface area contributed by atoms with Crippen molar-refractivity contribution >= 4 is 10.9 Å². The molecule has 1 aliphatic rings. The van der Waals surface area contributed by atoms with Crippen molar-refractivity contribution in [1.29, 1.82) is 0 Å². The van der Waals surface area contributed by atoms with Crippen molar-refractivity contribution in [3.8, 4) is 0 Å². The highest BCUT2D eigenvalue weighted by Crippen LogP contribution is 2.37. The molecule has 0 aliphatic heterocycles. The van der Waals surface area contributed by atoms with E-state index in [4.69, 9.17) is 0 Å². The monoisotopic (exact) mass is 202 g/mol. The number of aromatic nitrogens is 1. The van der Waals surface area contributed by atoms with Crippen molar-refractivity contribution in [3.05, 3.63) is 42.2 Å². The topological polar surface area (TPSA) is 15.8 Å². The van der Waals surface area contributed by atoms with Crippen LogP contribution in [0.3, 0.4) is 0 Å². The second-order valence-corrected chi connectivity index (χ2v) is 4.23. The zero-order valence-corrected chi connectivity index (χ0v) is 8.46. The molecule has 3 rings (SSSR count). The quantitative estimate of drug-likeness (QED) is 0.724. The minimum Gasteiger partial charge on any atom is -0.361 e. The Morgan fingerprint density at radius 2 is 2.27 bits per heavy atom. The lowest BCUT2D eigenvalue weighted by Crippen LogP contribution is -1.89. The summed E-state index contributed by atoms with van der Waals surface area (Å²) in [6, 6.07) is 4.95. The Hall–Kier alpha value is -1.31. The summed E-state index contributed by atoms with van der Waals surface area (Å²) in [5.41, 5.74) is 2.32. The first kappa shape index (κ1) is 8.96. The molecule has 1 nitrogen and oxygen atoms in total. The van der Waals surface area contributed by atoms with Crippen molar-refractivity contribution < 1.29 is 4.39 Å². The number of rotatable bonds is 1. The molecule has 2 aromatic rings. The van der Waals surface area contributed by atoms with Gasteiger partial charge in [0.15, 0.2) is 0 Å². The van der Waals surface area contributed by atoms with Crippen LogP contribution in [0.5, 0.6) is 0 Å². The van der Waals surface area contributed by atoms with E-state index in [9.17, 15) is 4.39 Å². The van der Waals surface area contributed by atoms with Crippen molar-refractivity contribution in [2.24, 2.45) is 0 Å². The Labute approximate surface area is 88.3 Å². The van der Waals surface area contributed by atoms with Gasteiger partial charge in [0, 0.05) is 17.1 Å². The molecule has 0 spiro atoms. The maximum absolute atomic E-state index is 13.2. The van der Waals surface area contributed by atoms with Gasteiger partial charge in [-0.05, 0) is 55.4 Å². The molecule has 1 aromatic carbocycles. The fraction of sp³-hybridized carbons (Fsp3) is 0.308. The van der Waals surface area contributed by atoms with Crippen molar-refractivity contribution in [1.82, 2.24) is 4.98 Å². The highest BCUT2D eigenvalue weighted by atomic mass is 19.1. The van der Waals surface area contributed by atoms with E-state index in [2.05, 4.69) is 11.4 Å². The third kappa shape index (κ3) is 1.44. The summed E-state index contributed by atoms with van der Waals surface area (Å²) in [5.74, 6) is 0.436. The number of benzene rings is 1. The van der Waals surface area contributed by atoms with E-state index in [1.807, 2.05) is 12.3 Å². The fourth-order valence-corrected chi connectivity index (χ4v) is 2.49. The van der Waals surface area contributed by atoms with E-state index in [1.54, 1.807) is 6.07 Å². The number of halogens is 1. The lowest BCUT2D eigenvalue weighted by Gasteiger charge is -2.06. The van der Waals surface area contributed by atoms with Gasteiger partial charge >= 0.3 is 0 Å². The number of H-pyrrole nitrogens is 1. The van der Waals surface area contributed by atoms with Crippen LogP contribution in [0.4, 0.5) is 4.39 Å². The molecule has 1 unspecified atom stereocenters. The highest BCUT2D eigenvalue weighted by Gasteiger charge is 2.20. The number of hydrogen-bond acceptors (Lipinski definition) is 0. The van der Waals surface area contributed by atoms with Crippen molar-refractivity contribution in [2.45, 2.75) is 25.2 Å². The van der Waals surface area contributed by atoms with Crippen LogP contribution in [0, 0.1) is 12.2 Å². The van der Waals surface area contributed by atoms with Crippen LogP contribution in [-0.4, -0.2) is 4.98 Å². The van der Waals surface area contributed by atoms with Gasteiger partial charge in [0.1, 0.15) is 5.82 Å². The average molecular weight is 202 g/mol. The molecule has 1 fully saturated rings. The third-order valence-corrected chi connectivity index (χ3v) is 3.29. The molecule has 1 heterocycles. The number of nitrogens with one attached hydrogen (secondary N) is 1. The molecule has 1 radical (unpaired) electrons. The molecule has 77 valence electrons. The second kappa shape index (κ2) is 3.37. The molecule has 0 bridgehead atoms. The number of fused-ring (bicyclic) bond motifs is 1. The van der Waals surface area contributed by atoms with E-state index in [0.717, 1.165) is 17.3 Å². The number of hydrogen-bond donors (Lipinski definition) is 1. The largest absolute Gasteiger partial charge is 0.361 e. The zero-order valence-electron chi connectivity index (χ0n) is 8.46. The summed E-state index contributed by atoms with van der Waals surface area (Å²) in [7, 11) is 0. The van der Waals surface area contributed by atoms with Crippen molar-refractivity contribution in [3.63, 3.8) is 0 Å². The Morgan fingerprint density at radius 1 is 1.33 bits per heavy atom. The van der Waals surface area contributed by atoms with E-state index < -0.39 is 0 Å². The van der Waals surface area contributed by atoms with E-state index >= 15 is 0 Å². The normalized spacial score (nSPS) is 17.7. The van der Waals surface area contributed by atoms with Gasteiger partial charge < -0.3 is 4.98 Å². The van der Waals surface area contributed by atoms with Crippen LogP contribution in [-0.2, 0) is 0 Å². The summed E-state index contributed by atoms with van der Waals surface area (Å²) in [5, 5.41) is 1.05. The van der Waals surface area contributed by atoms with Gasteiger partial charge in [-0.3, -0.25) is 0 Å². The Balaban J connectivity index is 2.13. The first-order valence-corrected chi connectivity index (χ1v) is 5.43. The average Bonchev–Trinajstić information content (AvgIpc) is 2.83. The fourth-order valence-electron chi connectivity index (χ4n) is 2.49. The van der Waals surface area contributed by atoms with Crippen LogP contribution in [0.15, 0.2) is 24.4 Å². The number of aromatic amines is 1. The predicted octanol–water partition coefficient (Wildman–Crippen LogP) is 3.78. The van der Waals surface area contributed by atoms with Crippen LogP contribution in [0.1, 0.15) is 30.7 Å². The Bertz CT molecular complexity index is 480. The maximum Gasteiger partial charge on any atom is 0.123 e. The third-order valence-electron chi connectivity index (χ3n) is 3.29. The molecule has 2 heteroatoms. The summed E-state index contributed by atoms with van der Waals surface area (Å²) < 4.78 is 13.2. The Morgan fingerprint density at radius 3 is 3.07 bits per heavy atom. The summed E-state index contributed by atoms with van der Waals surface area (Å²) in [6.45, 7) is 0. The van der Waals surface area contributed by atoms with Crippen LogP contribution >= 0.6 is 0 Å². The van der Waals surface area contributed by atoms with Gasteiger partial charge in [0.2, 0.25) is 0 Å². The lowest BCUT2D eigenvalue weighted by atomic mass is 9.97.